The molecule has 0 amide bonds. The van der Waals surface area contributed by atoms with Crippen LogP contribution in [0.2, 0.25) is 0 Å². The monoisotopic (exact) mass is 375 g/mol. The number of nitrogens with one attached hydrogen (secondary N) is 1. The molecule has 10 heteroatoms. The molecule has 0 unspecified atom stereocenters. The molecule has 1 heterocycles. The summed E-state index contributed by atoms with van der Waals surface area (Å²) in [5, 5.41) is 7.22. The van der Waals surface area contributed by atoms with Crippen LogP contribution in [0.5, 0.6) is 5.75 Å². The van der Waals surface area contributed by atoms with Gasteiger partial charge < -0.3 is 10.5 Å². The standard InChI is InChI=1S/C11H14BrN5O3S/c1-17-11(10(12)15-16-17)21(18,19)14-6-7-20-9-5-3-2-4-8(9)13/h2-5,14H,6-7,13H2,1H3. The number of hydrogen-bond donors (Lipinski definition) is 2. The molecule has 0 aliphatic carbocycles. The highest BCUT2D eigenvalue weighted by Crippen LogP contribution is 2.20. The maximum Gasteiger partial charge on any atom is 0.260 e. The second-order valence-electron chi connectivity index (χ2n) is 4.09. The summed E-state index contributed by atoms with van der Waals surface area (Å²) in [6, 6.07) is 7.00. The Morgan fingerprint density at radius 1 is 1.43 bits per heavy atom. The Kier molecular flexibility index (Phi) is 4.80. The van der Waals surface area contributed by atoms with Gasteiger partial charge in [0.25, 0.3) is 10.0 Å². The third-order valence-electron chi connectivity index (χ3n) is 2.56. The highest BCUT2D eigenvalue weighted by Gasteiger charge is 2.23. The van der Waals surface area contributed by atoms with Gasteiger partial charge in [0, 0.05) is 13.6 Å². The van der Waals surface area contributed by atoms with Crippen molar-refractivity contribution in [2.45, 2.75) is 5.03 Å². The second kappa shape index (κ2) is 6.41. The van der Waals surface area contributed by atoms with Gasteiger partial charge in [-0.3, -0.25) is 0 Å². The molecule has 2 aromatic rings. The second-order valence-corrected chi connectivity index (χ2v) is 6.53. The topological polar surface area (TPSA) is 112 Å². The minimum atomic E-state index is -3.71. The first kappa shape index (κ1) is 15.7. The fourth-order valence-electron chi connectivity index (χ4n) is 1.63. The van der Waals surface area contributed by atoms with Gasteiger partial charge in [-0.15, -0.1) is 5.10 Å². The normalized spacial score (nSPS) is 11.5. The SMILES string of the molecule is Cn1nnc(Br)c1S(=O)(=O)NCCOc1ccccc1N. The van der Waals surface area contributed by atoms with Crippen molar-refractivity contribution in [3.8, 4) is 5.75 Å². The summed E-state index contributed by atoms with van der Waals surface area (Å²) in [4.78, 5) is 0. The lowest BCUT2D eigenvalue weighted by molar-refractivity contribution is 0.324. The van der Waals surface area contributed by atoms with Crippen LogP contribution in [0.1, 0.15) is 0 Å². The third kappa shape index (κ3) is 3.71. The summed E-state index contributed by atoms with van der Waals surface area (Å²) in [5.74, 6) is 0.514. The molecule has 0 saturated carbocycles. The van der Waals surface area contributed by atoms with E-state index in [-0.39, 0.29) is 22.8 Å². The Balaban J connectivity index is 1.93. The molecule has 0 radical (unpaired) electrons. The van der Waals surface area contributed by atoms with Crippen LogP contribution in [0.25, 0.3) is 0 Å². The minimum Gasteiger partial charge on any atom is -0.490 e. The molecule has 0 bridgehead atoms. The van der Waals surface area contributed by atoms with Crippen LogP contribution in [0.3, 0.4) is 0 Å². The van der Waals surface area contributed by atoms with Gasteiger partial charge in [-0.25, -0.2) is 17.8 Å². The van der Waals surface area contributed by atoms with Crippen LogP contribution < -0.4 is 15.2 Å². The van der Waals surface area contributed by atoms with Crippen molar-refractivity contribution in [2.75, 3.05) is 18.9 Å². The minimum absolute atomic E-state index is 0.0401. The van der Waals surface area contributed by atoms with Gasteiger partial charge in [0.15, 0.2) is 4.60 Å². The lowest BCUT2D eigenvalue weighted by Gasteiger charge is -2.10. The van der Waals surface area contributed by atoms with Crippen molar-refractivity contribution in [1.82, 2.24) is 19.7 Å². The Morgan fingerprint density at radius 3 is 2.76 bits per heavy atom. The summed E-state index contributed by atoms with van der Waals surface area (Å²) < 4.78 is 33.3. The van der Waals surface area contributed by atoms with E-state index in [1.165, 1.54) is 11.7 Å². The molecule has 8 nitrogen and oxygen atoms in total. The zero-order valence-corrected chi connectivity index (χ0v) is 13.6. The first-order valence-electron chi connectivity index (χ1n) is 5.94. The maximum absolute atomic E-state index is 12.1. The van der Waals surface area contributed by atoms with Crippen LogP contribution in [-0.2, 0) is 17.1 Å². The number of benzene rings is 1. The predicted octanol–water partition coefficient (Wildman–Crippen LogP) is 0.517. The number of sulfonamides is 1. The molecule has 0 aliphatic rings. The zero-order chi connectivity index (χ0) is 15.5. The molecular weight excluding hydrogens is 362 g/mol. The fourth-order valence-corrected chi connectivity index (χ4v) is 3.73. The smallest absolute Gasteiger partial charge is 0.260 e. The van der Waals surface area contributed by atoms with E-state index < -0.39 is 10.0 Å². The lowest BCUT2D eigenvalue weighted by atomic mass is 10.3. The van der Waals surface area contributed by atoms with Crippen LogP contribution >= 0.6 is 15.9 Å². The molecule has 114 valence electrons. The quantitative estimate of drug-likeness (QED) is 0.562. The van der Waals surface area contributed by atoms with Crippen molar-refractivity contribution in [2.24, 2.45) is 7.05 Å². The van der Waals surface area contributed by atoms with Crippen LogP contribution in [0, 0.1) is 0 Å². The summed E-state index contributed by atoms with van der Waals surface area (Å²) >= 11 is 3.05. The number of nitrogens with two attached hydrogens (primary N) is 1. The van der Waals surface area contributed by atoms with E-state index in [1.807, 2.05) is 0 Å². The van der Waals surface area contributed by atoms with Gasteiger partial charge in [-0.2, -0.15) is 0 Å². The van der Waals surface area contributed by atoms with Crippen molar-refractivity contribution in [3.63, 3.8) is 0 Å². The molecule has 0 spiro atoms. The van der Waals surface area contributed by atoms with Crippen LogP contribution in [-0.4, -0.2) is 36.6 Å². The Labute approximate surface area is 130 Å². The molecule has 0 aliphatic heterocycles. The largest absolute Gasteiger partial charge is 0.490 e. The summed E-state index contributed by atoms with van der Waals surface area (Å²) in [5.41, 5.74) is 6.21. The fraction of sp³-hybridized carbons (Fsp3) is 0.273. The average Bonchev–Trinajstić information content (AvgIpc) is 2.77. The van der Waals surface area contributed by atoms with E-state index in [9.17, 15) is 8.42 Å². The lowest BCUT2D eigenvalue weighted by Crippen LogP contribution is -2.30. The number of para-hydroxylation sites is 2. The van der Waals surface area contributed by atoms with E-state index >= 15 is 0 Å². The maximum atomic E-state index is 12.1. The van der Waals surface area contributed by atoms with Gasteiger partial charge >= 0.3 is 0 Å². The predicted molar refractivity (Wildman–Crippen MR) is 80.2 cm³/mol. The number of halogens is 1. The molecule has 2 rings (SSSR count). The molecule has 0 atom stereocenters. The molecular formula is C11H14BrN5O3S. The van der Waals surface area contributed by atoms with E-state index in [2.05, 4.69) is 31.0 Å². The summed E-state index contributed by atoms with van der Waals surface area (Å²) in [7, 11) is -2.22. The molecule has 1 aromatic carbocycles. The number of ether oxygens (including phenoxy) is 1. The number of nitrogens with zero attached hydrogens (tertiary/aromatic N) is 3. The number of rotatable bonds is 6. The molecule has 21 heavy (non-hydrogen) atoms. The van der Waals surface area contributed by atoms with Gasteiger partial charge in [0.2, 0.25) is 5.03 Å². The summed E-state index contributed by atoms with van der Waals surface area (Å²) in [6.07, 6.45) is 0. The molecule has 0 saturated heterocycles. The Bertz CT molecular complexity index is 712. The molecule has 0 fully saturated rings. The Hall–Kier alpha value is -1.65. The first-order valence-corrected chi connectivity index (χ1v) is 8.21. The van der Waals surface area contributed by atoms with Gasteiger partial charge in [0.05, 0.1) is 5.69 Å². The highest BCUT2D eigenvalue weighted by atomic mass is 79.9. The number of nitrogen functional groups attached to an aromatic ring is 1. The van der Waals surface area contributed by atoms with Crippen molar-refractivity contribution in [3.05, 3.63) is 28.9 Å². The number of aryl methyl sites for hydroxylation is 1. The summed E-state index contributed by atoms with van der Waals surface area (Å²) in [6.45, 7) is 0.241. The van der Waals surface area contributed by atoms with Crippen molar-refractivity contribution >= 4 is 31.6 Å². The Morgan fingerprint density at radius 2 is 2.14 bits per heavy atom. The van der Waals surface area contributed by atoms with Crippen molar-refractivity contribution in [1.29, 1.82) is 0 Å². The number of aromatic nitrogens is 3. The number of anilines is 1. The van der Waals surface area contributed by atoms with Gasteiger partial charge in [-0.05, 0) is 28.1 Å². The van der Waals surface area contributed by atoms with E-state index in [0.29, 0.717) is 11.4 Å². The van der Waals surface area contributed by atoms with Gasteiger partial charge in [0.1, 0.15) is 12.4 Å². The molecule has 1 aromatic heterocycles. The highest BCUT2D eigenvalue weighted by molar-refractivity contribution is 9.10. The van der Waals surface area contributed by atoms with Crippen LogP contribution in [0.4, 0.5) is 5.69 Å². The van der Waals surface area contributed by atoms with E-state index in [0.717, 1.165) is 0 Å². The van der Waals surface area contributed by atoms with Crippen LogP contribution in [0.15, 0.2) is 33.9 Å². The first-order chi connectivity index (χ1) is 9.92. The zero-order valence-electron chi connectivity index (χ0n) is 11.2. The average molecular weight is 376 g/mol. The third-order valence-corrected chi connectivity index (χ3v) is 4.91. The van der Waals surface area contributed by atoms with Crippen molar-refractivity contribution < 1.29 is 13.2 Å². The van der Waals surface area contributed by atoms with E-state index in [4.69, 9.17) is 10.5 Å². The van der Waals surface area contributed by atoms with E-state index in [1.54, 1.807) is 24.3 Å². The number of hydrogen-bond acceptors (Lipinski definition) is 6. The van der Waals surface area contributed by atoms with Gasteiger partial charge in [-0.1, -0.05) is 17.3 Å². The molecule has 3 N–H and O–H groups in total.